The molecule has 1 aromatic rings. The average molecular weight is 259 g/mol. The van der Waals surface area contributed by atoms with E-state index < -0.39 is 0 Å². The molecule has 0 aliphatic carbocycles. The smallest absolute Gasteiger partial charge is 0.142 e. The fourth-order valence-electron chi connectivity index (χ4n) is 1.43. The van der Waals surface area contributed by atoms with Crippen LogP contribution in [-0.4, -0.2) is 18.6 Å². The van der Waals surface area contributed by atoms with Crippen molar-refractivity contribution in [2.24, 2.45) is 0 Å². The van der Waals surface area contributed by atoms with Crippen LogP contribution < -0.4 is 10.6 Å². The maximum Gasteiger partial charge on any atom is 0.142 e. The molecule has 0 radical (unpaired) electrons. The minimum Gasteiger partial charge on any atom is -0.313 e. The monoisotopic (exact) mass is 258 g/mol. The Balaban J connectivity index is 2.36. The minimum absolute atomic E-state index is 0.170. The molecule has 2 nitrogen and oxygen atoms in total. The van der Waals surface area contributed by atoms with Crippen molar-refractivity contribution in [2.75, 3.05) is 6.54 Å². The van der Waals surface area contributed by atoms with Crippen LogP contribution in [0.25, 0.3) is 0 Å². The van der Waals surface area contributed by atoms with Gasteiger partial charge in [-0.3, -0.25) is 0 Å². The molecule has 0 saturated carbocycles. The van der Waals surface area contributed by atoms with Gasteiger partial charge in [-0.25, -0.2) is 4.39 Å². The summed E-state index contributed by atoms with van der Waals surface area (Å²) in [4.78, 5) is 0. The molecule has 2 N–H and O–H groups in total. The van der Waals surface area contributed by atoms with Crippen molar-refractivity contribution in [3.05, 3.63) is 34.6 Å². The quantitative estimate of drug-likeness (QED) is 0.820. The van der Waals surface area contributed by atoms with E-state index in [0.29, 0.717) is 18.6 Å². The summed E-state index contributed by atoms with van der Waals surface area (Å²) in [7, 11) is 0. The molecule has 0 aromatic heterocycles. The highest BCUT2D eigenvalue weighted by molar-refractivity contribution is 6.30. The SMILES string of the molecule is CC(C)NCC(C)NCc1ccc(Cl)c(F)c1. The van der Waals surface area contributed by atoms with Gasteiger partial charge in [0.25, 0.3) is 0 Å². The lowest BCUT2D eigenvalue weighted by Gasteiger charge is -2.16. The third-order valence-corrected chi connectivity index (χ3v) is 2.78. The first-order chi connectivity index (χ1) is 7.99. The predicted molar refractivity (Wildman–Crippen MR) is 70.9 cm³/mol. The number of hydrogen-bond donors (Lipinski definition) is 2. The van der Waals surface area contributed by atoms with E-state index in [0.717, 1.165) is 12.1 Å². The van der Waals surface area contributed by atoms with E-state index in [4.69, 9.17) is 11.6 Å². The second-order valence-electron chi connectivity index (χ2n) is 4.59. The summed E-state index contributed by atoms with van der Waals surface area (Å²) in [6, 6.07) is 5.72. The lowest BCUT2D eigenvalue weighted by atomic mass is 10.2. The summed E-state index contributed by atoms with van der Waals surface area (Å²) >= 11 is 5.62. The second kappa shape index (κ2) is 6.94. The van der Waals surface area contributed by atoms with E-state index in [1.54, 1.807) is 6.07 Å². The summed E-state index contributed by atoms with van der Waals surface area (Å²) < 4.78 is 13.2. The van der Waals surface area contributed by atoms with Gasteiger partial charge in [-0.2, -0.15) is 0 Å². The van der Waals surface area contributed by atoms with Gasteiger partial charge in [0.05, 0.1) is 5.02 Å². The molecular weight excluding hydrogens is 239 g/mol. The predicted octanol–water partition coefficient (Wildman–Crippen LogP) is 2.96. The van der Waals surface area contributed by atoms with E-state index >= 15 is 0 Å². The number of rotatable bonds is 6. The fraction of sp³-hybridized carbons (Fsp3) is 0.538. The molecule has 0 spiro atoms. The van der Waals surface area contributed by atoms with Crippen LogP contribution in [0.4, 0.5) is 4.39 Å². The lowest BCUT2D eigenvalue weighted by Crippen LogP contribution is -2.38. The van der Waals surface area contributed by atoms with Crippen molar-refractivity contribution in [1.29, 1.82) is 0 Å². The molecule has 0 fully saturated rings. The van der Waals surface area contributed by atoms with E-state index in [-0.39, 0.29) is 10.8 Å². The molecule has 0 heterocycles. The third kappa shape index (κ3) is 5.48. The number of halogens is 2. The lowest BCUT2D eigenvalue weighted by molar-refractivity contribution is 0.473. The first kappa shape index (κ1) is 14.4. The van der Waals surface area contributed by atoms with Gasteiger partial charge < -0.3 is 10.6 Å². The molecule has 1 rings (SSSR count). The molecule has 0 aliphatic heterocycles. The molecule has 1 aromatic carbocycles. The van der Waals surface area contributed by atoms with E-state index in [2.05, 4.69) is 31.4 Å². The molecule has 1 unspecified atom stereocenters. The number of nitrogens with one attached hydrogen (secondary N) is 2. The molecule has 96 valence electrons. The molecule has 0 aliphatic rings. The Morgan fingerprint density at radius 1 is 1.24 bits per heavy atom. The Bertz CT molecular complexity index is 355. The highest BCUT2D eigenvalue weighted by Gasteiger charge is 2.04. The Kier molecular flexibility index (Phi) is 5.89. The van der Waals surface area contributed by atoms with Crippen LogP contribution in [0, 0.1) is 5.82 Å². The maximum absolute atomic E-state index is 13.2. The molecule has 0 bridgehead atoms. The maximum atomic E-state index is 13.2. The van der Waals surface area contributed by atoms with Gasteiger partial charge in [-0.15, -0.1) is 0 Å². The first-order valence-electron chi connectivity index (χ1n) is 5.89. The normalized spacial score (nSPS) is 13.1. The Morgan fingerprint density at radius 3 is 2.53 bits per heavy atom. The summed E-state index contributed by atoms with van der Waals surface area (Å²) in [5, 5.41) is 6.84. The first-order valence-corrected chi connectivity index (χ1v) is 6.27. The van der Waals surface area contributed by atoms with Crippen LogP contribution in [0.15, 0.2) is 18.2 Å². The summed E-state index contributed by atoms with van der Waals surface area (Å²) in [5.74, 6) is -0.362. The molecule has 1 atom stereocenters. The highest BCUT2D eigenvalue weighted by atomic mass is 35.5. The van der Waals surface area contributed by atoms with Crippen LogP contribution in [0.5, 0.6) is 0 Å². The van der Waals surface area contributed by atoms with Gasteiger partial charge >= 0.3 is 0 Å². The van der Waals surface area contributed by atoms with Crippen LogP contribution in [0.1, 0.15) is 26.3 Å². The van der Waals surface area contributed by atoms with E-state index in [9.17, 15) is 4.39 Å². The van der Waals surface area contributed by atoms with Crippen LogP contribution in [0.2, 0.25) is 5.02 Å². The molecule has 17 heavy (non-hydrogen) atoms. The van der Waals surface area contributed by atoms with Crippen molar-refractivity contribution in [1.82, 2.24) is 10.6 Å². The molecular formula is C13H20ClFN2. The molecule has 0 saturated heterocycles. The Hall–Kier alpha value is -0.640. The summed E-state index contributed by atoms with van der Waals surface area (Å²) in [6.45, 7) is 7.87. The van der Waals surface area contributed by atoms with Gasteiger partial charge in [-0.05, 0) is 24.6 Å². The second-order valence-corrected chi connectivity index (χ2v) is 5.00. The van der Waals surface area contributed by atoms with E-state index in [1.165, 1.54) is 6.07 Å². The molecule has 0 amide bonds. The van der Waals surface area contributed by atoms with Gasteiger partial charge in [0, 0.05) is 25.2 Å². The van der Waals surface area contributed by atoms with Crippen molar-refractivity contribution < 1.29 is 4.39 Å². The van der Waals surface area contributed by atoms with Crippen molar-refractivity contribution >= 4 is 11.6 Å². The highest BCUT2D eigenvalue weighted by Crippen LogP contribution is 2.15. The van der Waals surface area contributed by atoms with Crippen LogP contribution >= 0.6 is 11.6 Å². The zero-order valence-electron chi connectivity index (χ0n) is 10.6. The van der Waals surface area contributed by atoms with Crippen molar-refractivity contribution in [2.45, 2.75) is 39.4 Å². The largest absolute Gasteiger partial charge is 0.313 e. The fourth-order valence-corrected chi connectivity index (χ4v) is 1.54. The Labute approximate surface area is 108 Å². The molecule has 4 heteroatoms. The van der Waals surface area contributed by atoms with Gasteiger partial charge in [0.1, 0.15) is 5.82 Å². The summed E-state index contributed by atoms with van der Waals surface area (Å²) in [6.07, 6.45) is 0. The third-order valence-electron chi connectivity index (χ3n) is 2.47. The van der Waals surface area contributed by atoms with Crippen LogP contribution in [-0.2, 0) is 6.54 Å². The van der Waals surface area contributed by atoms with E-state index in [1.807, 2.05) is 6.07 Å². The van der Waals surface area contributed by atoms with Gasteiger partial charge in [0.2, 0.25) is 0 Å². The van der Waals surface area contributed by atoms with Crippen LogP contribution in [0.3, 0.4) is 0 Å². The zero-order valence-corrected chi connectivity index (χ0v) is 11.3. The van der Waals surface area contributed by atoms with Gasteiger partial charge in [0.15, 0.2) is 0 Å². The standard InChI is InChI=1S/C13H20ClFN2/c1-9(2)16-7-10(3)17-8-11-4-5-12(14)13(15)6-11/h4-6,9-10,16-17H,7-8H2,1-3H3. The number of benzene rings is 1. The number of hydrogen-bond acceptors (Lipinski definition) is 2. The summed E-state index contributed by atoms with van der Waals surface area (Å²) in [5.41, 5.74) is 0.906. The zero-order chi connectivity index (χ0) is 12.8. The average Bonchev–Trinajstić information content (AvgIpc) is 2.28. The van der Waals surface area contributed by atoms with Crippen molar-refractivity contribution in [3.8, 4) is 0 Å². The van der Waals surface area contributed by atoms with Gasteiger partial charge in [-0.1, -0.05) is 31.5 Å². The van der Waals surface area contributed by atoms with Crippen molar-refractivity contribution in [3.63, 3.8) is 0 Å². The minimum atomic E-state index is -0.362. The Morgan fingerprint density at radius 2 is 1.94 bits per heavy atom. The topological polar surface area (TPSA) is 24.1 Å².